The molecule has 2 unspecified atom stereocenters. The first-order valence-electron chi connectivity index (χ1n) is 6.79. The maximum absolute atomic E-state index is 5.47. The van der Waals surface area contributed by atoms with Crippen LogP contribution in [0.5, 0.6) is 0 Å². The van der Waals surface area contributed by atoms with E-state index in [4.69, 9.17) is 18.9 Å². The summed E-state index contributed by atoms with van der Waals surface area (Å²) >= 11 is 0. The third-order valence-electron chi connectivity index (χ3n) is 3.21. The molecule has 0 aromatic heterocycles. The molecule has 1 fully saturated rings. The van der Waals surface area contributed by atoms with Crippen molar-refractivity contribution in [3.63, 3.8) is 0 Å². The summed E-state index contributed by atoms with van der Waals surface area (Å²) in [5, 5.41) is 3.48. The Balaban J connectivity index is 1.83. The molecule has 0 aromatic rings. The van der Waals surface area contributed by atoms with Crippen molar-refractivity contribution in [1.29, 1.82) is 0 Å². The van der Waals surface area contributed by atoms with Crippen LogP contribution in [0.3, 0.4) is 0 Å². The van der Waals surface area contributed by atoms with Crippen molar-refractivity contribution >= 4 is 0 Å². The Kier molecular flexibility index (Phi) is 9.42. The van der Waals surface area contributed by atoms with Crippen LogP contribution in [0.4, 0.5) is 0 Å². The second-order valence-electron chi connectivity index (χ2n) is 4.48. The van der Waals surface area contributed by atoms with E-state index in [1.165, 1.54) is 19.3 Å². The van der Waals surface area contributed by atoms with Gasteiger partial charge in [-0.05, 0) is 19.3 Å². The normalized spacial score (nSPS) is 23.7. The van der Waals surface area contributed by atoms with Crippen molar-refractivity contribution < 1.29 is 18.9 Å². The number of rotatable bonds is 11. The summed E-state index contributed by atoms with van der Waals surface area (Å²) in [4.78, 5) is 0. The van der Waals surface area contributed by atoms with Gasteiger partial charge >= 0.3 is 0 Å². The average Bonchev–Trinajstić information content (AvgIpc) is 2.84. The van der Waals surface area contributed by atoms with Gasteiger partial charge in [-0.15, -0.1) is 0 Å². The largest absolute Gasteiger partial charge is 0.382 e. The Bertz CT molecular complexity index is 192. The molecule has 0 spiro atoms. The standard InChI is InChI=1S/C13H27NO4/c1-15-8-9-18-11-10-17-7-6-14-12-4-3-5-13(12)16-2/h12-14H,3-11H2,1-2H3. The van der Waals surface area contributed by atoms with E-state index in [2.05, 4.69) is 5.32 Å². The molecule has 5 nitrogen and oxygen atoms in total. The third-order valence-corrected chi connectivity index (χ3v) is 3.21. The molecule has 18 heavy (non-hydrogen) atoms. The van der Waals surface area contributed by atoms with Gasteiger partial charge in [-0.2, -0.15) is 0 Å². The van der Waals surface area contributed by atoms with Crippen molar-refractivity contribution in [2.75, 3.05) is 53.8 Å². The summed E-state index contributed by atoms with van der Waals surface area (Å²) in [6.45, 7) is 4.15. The summed E-state index contributed by atoms with van der Waals surface area (Å²) in [5.41, 5.74) is 0. The van der Waals surface area contributed by atoms with E-state index >= 15 is 0 Å². The summed E-state index contributed by atoms with van der Waals surface area (Å²) in [6, 6.07) is 0.497. The maximum Gasteiger partial charge on any atom is 0.0724 e. The average molecular weight is 261 g/mol. The summed E-state index contributed by atoms with van der Waals surface area (Å²) < 4.78 is 21.1. The fourth-order valence-electron chi connectivity index (χ4n) is 2.22. The molecular formula is C13H27NO4. The lowest BCUT2D eigenvalue weighted by molar-refractivity contribution is 0.0237. The van der Waals surface area contributed by atoms with E-state index in [1.807, 2.05) is 0 Å². The van der Waals surface area contributed by atoms with Gasteiger partial charge in [0.15, 0.2) is 0 Å². The predicted molar refractivity (Wildman–Crippen MR) is 70.0 cm³/mol. The molecule has 0 heterocycles. The zero-order valence-corrected chi connectivity index (χ0v) is 11.7. The molecule has 0 aromatic carbocycles. The molecule has 1 aliphatic carbocycles. The monoisotopic (exact) mass is 261 g/mol. The van der Waals surface area contributed by atoms with Crippen LogP contribution in [0.2, 0.25) is 0 Å². The highest BCUT2D eigenvalue weighted by Gasteiger charge is 2.25. The Morgan fingerprint density at radius 2 is 1.67 bits per heavy atom. The minimum absolute atomic E-state index is 0.377. The molecule has 1 aliphatic rings. The van der Waals surface area contributed by atoms with Crippen molar-refractivity contribution in [1.82, 2.24) is 5.32 Å². The third kappa shape index (κ3) is 6.66. The topological polar surface area (TPSA) is 49.0 Å². The molecule has 0 radical (unpaired) electrons. The highest BCUT2D eigenvalue weighted by molar-refractivity contribution is 4.83. The highest BCUT2D eigenvalue weighted by atomic mass is 16.5. The lowest BCUT2D eigenvalue weighted by Crippen LogP contribution is -2.38. The van der Waals surface area contributed by atoms with E-state index in [0.29, 0.717) is 38.6 Å². The molecule has 1 saturated carbocycles. The molecule has 0 amide bonds. The molecule has 108 valence electrons. The van der Waals surface area contributed by atoms with Crippen LogP contribution < -0.4 is 5.32 Å². The van der Waals surface area contributed by atoms with E-state index in [-0.39, 0.29) is 0 Å². The second kappa shape index (κ2) is 10.7. The maximum atomic E-state index is 5.47. The molecule has 1 rings (SSSR count). The van der Waals surface area contributed by atoms with E-state index in [0.717, 1.165) is 13.2 Å². The molecule has 0 bridgehead atoms. The fraction of sp³-hybridized carbons (Fsp3) is 1.00. The van der Waals surface area contributed by atoms with Crippen molar-refractivity contribution in [3.8, 4) is 0 Å². The number of hydrogen-bond acceptors (Lipinski definition) is 5. The number of ether oxygens (including phenoxy) is 4. The van der Waals surface area contributed by atoms with Gasteiger partial charge in [-0.3, -0.25) is 0 Å². The van der Waals surface area contributed by atoms with Gasteiger partial charge in [0.25, 0.3) is 0 Å². The Morgan fingerprint density at radius 3 is 2.39 bits per heavy atom. The van der Waals surface area contributed by atoms with Gasteiger partial charge in [-0.1, -0.05) is 0 Å². The van der Waals surface area contributed by atoms with Crippen LogP contribution in [0, 0.1) is 0 Å². The molecule has 0 saturated heterocycles. The van der Waals surface area contributed by atoms with Crippen molar-refractivity contribution in [2.24, 2.45) is 0 Å². The van der Waals surface area contributed by atoms with Crippen molar-refractivity contribution in [3.05, 3.63) is 0 Å². The first-order valence-corrected chi connectivity index (χ1v) is 6.79. The minimum atomic E-state index is 0.377. The minimum Gasteiger partial charge on any atom is -0.382 e. The first-order chi connectivity index (χ1) is 8.88. The summed E-state index contributed by atoms with van der Waals surface area (Å²) in [7, 11) is 3.46. The smallest absolute Gasteiger partial charge is 0.0724 e. The van der Waals surface area contributed by atoms with Gasteiger partial charge < -0.3 is 24.3 Å². The molecule has 0 aliphatic heterocycles. The number of hydrogen-bond donors (Lipinski definition) is 1. The van der Waals surface area contributed by atoms with E-state index < -0.39 is 0 Å². The highest BCUT2D eigenvalue weighted by Crippen LogP contribution is 2.21. The van der Waals surface area contributed by atoms with Gasteiger partial charge in [0.1, 0.15) is 0 Å². The van der Waals surface area contributed by atoms with Crippen LogP contribution in [-0.4, -0.2) is 65.9 Å². The van der Waals surface area contributed by atoms with Gasteiger partial charge in [0.05, 0.1) is 39.1 Å². The van der Waals surface area contributed by atoms with Gasteiger partial charge in [0, 0.05) is 26.8 Å². The zero-order valence-electron chi connectivity index (χ0n) is 11.7. The number of methoxy groups -OCH3 is 2. The van der Waals surface area contributed by atoms with Crippen LogP contribution >= 0.6 is 0 Å². The van der Waals surface area contributed by atoms with Crippen LogP contribution in [0.1, 0.15) is 19.3 Å². The zero-order chi connectivity index (χ0) is 13.1. The van der Waals surface area contributed by atoms with Gasteiger partial charge in [0.2, 0.25) is 0 Å². The summed E-state index contributed by atoms with van der Waals surface area (Å²) in [5.74, 6) is 0. The Morgan fingerprint density at radius 1 is 0.944 bits per heavy atom. The SMILES string of the molecule is COCCOCCOCCNC1CCCC1OC. The molecular weight excluding hydrogens is 234 g/mol. The van der Waals surface area contributed by atoms with Crippen LogP contribution in [0.25, 0.3) is 0 Å². The predicted octanol–water partition coefficient (Wildman–Crippen LogP) is 0.823. The quantitative estimate of drug-likeness (QED) is 0.558. The van der Waals surface area contributed by atoms with Crippen LogP contribution in [-0.2, 0) is 18.9 Å². The summed E-state index contributed by atoms with van der Waals surface area (Å²) in [6.07, 6.45) is 4.01. The van der Waals surface area contributed by atoms with Gasteiger partial charge in [-0.25, -0.2) is 0 Å². The molecule has 5 heteroatoms. The first kappa shape index (κ1) is 15.9. The Hall–Kier alpha value is -0.200. The Labute approximate surface area is 110 Å². The number of nitrogens with one attached hydrogen (secondary N) is 1. The lowest BCUT2D eigenvalue weighted by Gasteiger charge is -2.19. The van der Waals surface area contributed by atoms with Crippen molar-refractivity contribution in [2.45, 2.75) is 31.4 Å². The molecule has 1 N–H and O–H groups in total. The lowest BCUT2D eigenvalue weighted by atomic mass is 10.2. The van der Waals surface area contributed by atoms with Crippen LogP contribution in [0.15, 0.2) is 0 Å². The van der Waals surface area contributed by atoms with E-state index in [9.17, 15) is 0 Å². The molecule has 2 atom stereocenters. The fourth-order valence-corrected chi connectivity index (χ4v) is 2.22. The second-order valence-corrected chi connectivity index (χ2v) is 4.48. The van der Waals surface area contributed by atoms with E-state index in [1.54, 1.807) is 14.2 Å².